The van der Waals surface area contributed by atoms with Crippen molar-refractivity contribution < 1.29 is 52.3 Å². The summed E-state index contributed by atoms with van der Waals surface area (Å²) in [5, 5.41) is 28.5. The van der Waals surface area contributed by atoms with E-state index < -0.39 is 50.0 Å². The molecule has 2 atom stereocenters. The molecule has 2 unspecified atom stereocenters. The number of aromatic hydroxyl groups is 1. The second-order valence-electron chi connectivity index (χ2n) is 8.15. The third-order valence-corrected chi connectivity index (χ3v) is 5.53. The van der Waals surface area contributed by atoms with Crippen LogP contribution in [0.5, 0.6) is 5.75 Å². The highest BCUT2D eigenvalue weighted by Gasteiger charge is 2.40. The summed E-state index contributed by atoms with van der Waals surface area (Å²) in [6.45, 7) is 5.57. The second-order valence-corrected chi connectivity index (χ2v) is 8.15. The van der Waals surface area contributed by atoms with Gasteiger partial charge in [-0.3, -0.25) is 9.59 Å². The van der Waals surface area contributed by atoms with Crippen molar-refractivity contribution in [2.24, 2.45) is 0 Å². The van der Waals surface area contributed by atoms with E-state index in [-0.39, 0.29) is 48.4 Å². The number of hydrogen-bond donors (Lipinski definition) is 3. The molecule has 13 heteroatoms. The van der Waals surface area contributed by atoms with Crippen molar-refractivity contribution in [3.8, 4) is 5.75 Å². The van der Waals surface area contributed by atoms with E-state index >= 15 is 0 Å². The molecule has 2 heterocycles. The molecule has 2 aliphatic rings. The average Bonchev–Trinajstić information content (AvgIpc) is 3.25. The first-order valence-corrected chi connectivity index (χ1v) is 11.4. The average molecular weight is 506 g/mol. The fourth-order valence-electron chi connectivity index (χ4n) is 4.13. The van der Waals surface area contributed by atoms with Gasteiger partial charge >= 0.3 is 26.2 Å². The normalized spacial score (nSPS) is 17.8. The second kappa shape index (κ2) is 11.8. The molecule has 0 bridgehead atoms. The monoisotopic (exact) mass is 506 g/mol. The molecule has 9 nitrogen and oxygen atoms in total. The van der Waals surface area contributed by atoms with Crippen molar-refractivity contribution in [1.82, 2.24) is 0 Å². The van der Waals surface area contributed by atoms with Crippen molar-refractivity contribution >= 4 is 37.1 Å². The number of rotatable bonds is 6. The smallest absolute Gasteiger partial charge is 0.492 e. The van der Waals surface area contributed by atoms with Crippen LogP contribution in [0.4, 0.5) is 8.78 Å². The van der Waals surface area contributed by atoms with Gasteiger partial charge in [-0.15, -0.1) is 0 Å². The lowest BCUT2D eigenvalue weighted by Crippen LogP contribution is -2.28. The Labute approximate surface area is 207 Å². The highest BCUT2D eigenvalue weighted by molar-refractivity contribution is 6.62. The number of carbonyl (C=O) groups is 2. The minimum Gasteiger partial charge on any atom is -0.508 e. The molecule has 36 heavy (non-hydrogen) atoms. The topological polar surface area (TPSA) is 132 Å². The molecule has 0 fully saturated rings. The summed E-state index contributed by atoms with van der Waals surface area (Å²) in [6, 6.07) is 5.15. The molecule has 4 rings (SSSR count). The Bertz CT molecular complexity index is 1040. The zero-order valence-corrected chi connectivity index (χ0v) is 20.0. The van der Waals surface area contributed by atoms with Crippen molar-refractivity contribution in [3.63, 3.8) is 0 Å². The molecule has 0 radical (unpaired) electrons. The quantitative estimate of drug-likeness (QED) is 0.389. The van der Waals surface area contributed by atoms with Crippen molar-refractivity contribution in [3.05, 3.63) is 52.6 Å². The van der Waals surface area contributed by atoms with E-state index in [1.165, 1.54) is 12.1 Å². The van der Waals surface area contributed by atoms with Gasteiger partial charge in [-0.25, -0.2) is 8.78 Å². The Balaban J connectivity index is 0.000000201. The maximum absolute atomic E-state index is 13.9. The Hall–Kier alpha value is -2.99. The summed E-state index contributed by atoms with van der Waals surface area (Å²) in [4.78, 5) is 22.7. The zero-order valence-electron chi connectivity index (χ0n) is 20.0. The molecule has 192 valence electrons. The number of phenolic OH excluding ortho intramolecular Hbond substituents is 1. The largest absolute Gasteiger partial charge is 0.508 e. The van der Waals surface area contributed by atoms with Crippen LogP contribution in [0.15, 0.2) is 24.3 Å². The summed E-state index contributed by atoms with van der Waals surface area (Å²) >= 11 is 0. The van der Waals surface area contributed by atoms with Crippen LogP contribution in [-0.4, -0.2) is 54.5 Å². The van der Waals surface area contributed by atoms with E-state index in [0.717, 1.165) is 6.07 Å². The third-order valence-electron chi connectivity index (χ3n) is 5.53. The van der Waals surface area contributed by atoms with E-state index in [4.69, 9.17) is 18.8 Å². The highest BCUT2D eigenvalue weighted by atomic mass is 19.1. The van der Waals surface area contributed by atoms with Gasteiger partial charge in [0.2, 0.25) is 0 Å². The van der Waals surface area contributed by atoms with Crippen molar-refractivity contribution in [2.75, 3.05) is 13.2 Å². The molecule has 2 aromatic carbocycles. The van der Waals surface area contributed by atoms with Gasteiger partial charge in [0.1, 0.15) is 17.4 Å². The van der Waals surface area contributed by atoms with Gasteiger partial charge in [0.15, 0.2) is 0 Å². The van der Waals surface area contributed by atoms with E-state index in [1.54, 1.807) is 26.8 Å². The number of hydrogen-bond acceptors (Lipinski definition) is 9. The number of aryl methyl sites for hydroxylation is 1. The fourth-order valence-corrected chi connectivity index (χ4v) is 4.13. The van der Waals surface area contributed by atoms with Crippen LogP contribution in [0.2, 0.25) is 0 Å². The van der Waals surface area contributed by atoms with Crippen LogP contribution in [0.25, 0.3) is 0 Å². The Kier molecular flexibility index (Phi) is 9.07. The number of benzene rings is 2. The zero-order chi connectivity index (χ0) is 26.6. The van der Waals surface area contributed by atoms with Gasteiger partial charge in [-0.05, 0) is 49.4 Å². The first-order chi connectivity index (χ1) is 17.0. The molecule has 0 saturated heterocycles. The van der Waals surface area contributed by atoms with Crippen LogP contribution < -0.4 is 10.9 Å². The molecule has 2 aliphatic heterocycles. The molecule has 0 spiro atoms. The van der Waals surface area contributed by atoms with Gasteiger partial charge in [0, 0.05) is 17.2 Å². The van der Waals surface area contributed by atoms with Gasteiger partial charge in [0.25, 0.3) is 0 Å². The van der Waals surface area contributed by atoms with Gasteiger partial charge in [-0.1, -0.05) is 6.07 Å². The van der Waals surface area contributed by atoms with Crippen molar-refractivity contribution in [2.45, 2.75) is 45.8 Å². The number of phenols is 1. The number of fused-ring (bicyclic) bond motifs is 2. The summed E-state index contributed by atoms with van der Waals surface area (Å²) in [6.07, 6.45) is -1.96. The summed E-state index contributed by atoms with van der Waals surface area (Å²) in [5.74, 6) is -2.48. The molecular weight excluding hydrogens is 480 g/mol. The molecular formula is C23H26B2F2O9. The number of halogens is 2. The first-order valence-electron chi connectivity index (χ1n) is 11.4. The molecule has 0 aliphatic carbocycles. The minimum atomic E-state index is -1.35. The molecule has 2 aromatic rings. The maximum Gasteiger partial charge on any atom is 0.492 e. The number of esters is 2. The van der Waals surface area contributed by atoms with E-state index in [2.05, 4.69) is 0 Å². The fraction of sp³-hybridized carbons (Fsp3) is 0.391. The van der Waals surface area contributed by atoms with E-state index in [0.29, 0.717) is 11.0 Å². The lowest BCUT2D eigenvalue weighted by molar-refractivity contribution is -0.146. The highest BCUT2D eigenvalue weighted by Crippen LogP contribution is 2.31. The van der Waals surface area contributed by atoms with E-state index in [9.17, 15) is 33.5 Å². The van der Waals surface area contributed by atoms with Gasteiger partial charge in [-0.2, -0.15) is 0 Å². The van der Waals surface area contributed by atoms with E-state index in [1.807, 2.05) is 0 Å². The molecule has 0 amide bonds. The lowest BCUT2D eigenvalue weighted by Gasteiger charge is -2.12. The number of ether oxygens (including phenoxy) is 2. The van der Waals surface area contributed by atoms with Gasteiger partial charge < -0.3 is 33.9 Å². The van der Waals surface area contributed by atoms with Gasteiger partial charge in [0.05, 0.1) is 38.3 Å². The Morgan fingerprint density at radius 1 is 0.861 bits per heavy atom. The Morgan fingerprint density at radius 3 is 1.78 bits per heavy atom. The van der Waals surface area contributed by atoms with Crippen LogP contribution in [-0.2, 0) is 28.4 Å². The standard InChI is InChI=1S/C12H14BFO4.C11H12BFO5/c1-3-17-11(15)6-10-12-8(13(16)18-10)4-7(2)5-9(12)14;1-2-17-10(15)5-9-11-7(12(16)18-9)3-6(14)4-8(11)13/h4-5,10,16H,3,6H2,1-2H3;3-4,9,14,16H,2,5H2,1H3. The number of carbonyl (C=O) groups excluding carboxylic acids is 2. The molecule has 0 aromatic heterocycles. The SMILES string of the molecule is CCOC(=O)CC1OB(O)c2cc(C)cc(F)c21.CCOC(=O)CC1OB(O)c2cc(O)cc(F)c21. The molecule has 0 saturated carbocycles. The van der Waals surface area contributed by atoms with Crippen LogP contribution in [0.3, 0.4) is 0 Å². The predicted molar refractivity (Wildman–Crippen MR) is 125 cm³/mol. The summed E-state index contributed by atoms with van der Waals surface area (Å²) < 4.78 is 47.4. The minimum absolute atomic E-state index is 0.0911. The predicted octanol–water partition coefficient (Wildman–Crippen LogP) is 1.09. The molecule has 3 N–H and O–H groups in total. The van der Waals surface area contributed by atoms with Crippen LogP contribution in [0.1, 0.15) is 55.6 Å². The van der Waals surface area contributed by atoms with Crippen molar-refractivity contribution in [1.29, 1.82) is 0 Å². The summed E-state index contributed by atoms with van der Waals surface area (Å²) in [7, 11) is -2.53. The first kappa shape index (κ1) is 27.6. The summed E-state index contributed by atoms with van der Waals surface area (Å²) in [5.41, 5.74) is 1.57. The van der Waals surface area contributed by atoms with Crippen LogP contribution >= 0.6 is 0 Å². The van der Waals surface area contributed by atoms with Crippen LogP contribution in [0, 0.1) is 18.6 Å². The Morgan fingerprint density at radius 2 is 1.31 bits per heavy atom. The third kappa shape index (κ3) is 6.22. The maximum atomic E-state index is 13.9. The lowest BCUT2D eigenvalue weighted by atomic mass is 9.78.